The van der Waals surface area contributed by atoms with Crippen LogP contribution in [0.2, 0.25) is 0 Å². The van der Waals surface area contributed by atoms with E-state index >= 15 is 0 Å². The zero-order valence-corrected chi connectivity index (χ0v) is 10.2. The summed E-state index contributed by atoms with van der Waals surface area (Å²) < 4.78 is 6.40. The molecule has 1 aliphatic rings. The molecule has 0 spiro atoms. The first-order valence-corrected chi connectivity index (χ1v) is 5.81. The van der Waals surface area contributed by atoms with Crippen LogP contribution in [0.4, 0.5) is 0 Å². The van der Waals surface area contributed by atoms with E-state index in [2.05, 4.69) is 27.5 Å². The molecule has 1 aromatic rings. The van der Waals surface area contributed by atoms with Gasteiger partial charge in [-0.2, -0.15) is 0 Å². The van der Waals surface area contributed by atoms with Crippen LogP contribution in [0.1, 0.15) is 23.1 Å². The Morgan fingerprint density at radius 1 is 1.53 bits per heavy atom. The Morgan fingerprint density at radius 3 is 3.00 bits per heavy atom. The van der Waals surface area contributed by atoms with Crippen molar-refractivity contribution in [2.75, 3.05) is 7.11 Å². The summed E-state index contributed by atoms with van der Waals surface area (Å²) in [4.78, 5) is 0. The zero-order valence-electron chi connectivity index (χ0n) is 8.64. The molecule has 0 amide bonds. The lowest BCUT2D eigenvalue weighted by Crippen LogP contribution is -2.09. The third kappa shape index (κ3) is 1.89. The minimum atomic E-state index is 0.412. The van der Waals surface area contributed by atoms with Gasteiger partial charge in [-0.15, -0.1) is 0 Å². The number of rotatable bonds is 3. The minimum absolute atomic E-state index is 0.412. The molecule has 82 valence electrons. The maximum atomic E-state index is 8.76. The van der Waals surface area contributed by atoms with Crippen molar-refractivity contribution in [2.45, 2.75) is 25.8 Å². The summed E-state index contributed by atoms with van der Waals surface area (Å²) in [6.45, 7) is 0.412. The van der Waals surface area contributed by atoms with Crippen LogP contribution in [0.3, 0.4) is 0 Å². The summed E-state index contributed by atoms with van der Waals surface area (Å²) in [7, 11) is 1.66. The van der Waals surface area contributed by atoms with E-state index < -0.39 is 0 Å². The Labute approximate surface area is 97.5 Å². The first-order chi connectivity index (χ1) is 7.27. The molecule has 4 heteroatoms. The fourth-order valence-corrected chi connectivity index (χ4v) is 3.04. The number of hydrogen-bond donors (Lipinski definition) is 2. The van der Waals surface area contributed by atoms with Crippen molar-refractivity contribution in [2.24, 2.45) is 0 Å². The van der Waals surface area contributed by atoms with Crippen LogP contribution in [0.15, 0.2) is 10.5 Å². The quantitative estimate of drug-likeness (QED) is 0.830. The molecule has 0 bridgehead atoms. The first kappa shape index (κ1) is 10.9. The average Bonchev–Trinajstić information content (AvgIpc) is 2.67. The third-order valence-corrected chi connectivity index (χ3v) is 3.68. The molecule has 0 aromatic heterocycles. The number of hydroxylamine groups is 1. The second-order valence-corrected chi connectivity index (χ2v) is 4.50. The highest BCUT2D eigenvalue weighted by molar-refractivity contribution is 9.10. The molecule has 3 nitrogen and oxygen atoms in total. The Kier molecular flexibility index (Phi) is 3.29. The van der Waals surface area contributed by atoms with E-state index in [-0.39, 0.29) is 0 Å². The molecule has 0 saturated carbocycles. The molecule has 0 radical (unpaired) electrons. The number of aryl methyl sites for hydroxylation is 1. The molecule has 2 N–H and O–H groups in total. The first-order valence-electron chi connectivity index (χ1n) is 5.02. The predicted octanol–water partition coefficient (Wildman–Crippen LogP) is 2.43. The topological polar surface area (TPSA) is 41.5 Å². The Morgan fingerprint density at radius 2 is 2.33 bits per heavy atom. The van der Waals surface area contributed by atoms with Crippen LogP contribution in [0.25, 0.3) is 0 Å². The van der Waals surface area contributed by atoms with Crippen molar-refractivity contribution in [3.8, 4) is 5.75 Å². The van der Waals surface area contributed by atoms with Gasteiger partial charge >= 0.3 is 0 Å². The number of hydrogen-bond acceptors (Lipinski definition) is 3. The second-order valence-electron chi connectivity index (χ2n) is 3.71. The van der Waals surface area contributed by atoms with Gasteiger partial charge in [-0.1, -0.05) is 6.07 Å². The van der Waals surface area contributed by atoms with Crippen molar-refractivity contribution < 1.29 is 9.94 Å². The van der Waals surface area contributed by atoms with Crippen molar-refractivity contribution in [1.29, 1.82) is 0 Å². The van der Waals surface area contributed by atoms with Crippen LogP contribution in [0, 0.1) is 0 Å². The van der Waals surface area contributed by atoms with Gasteiger partial charge in [0.25, 0.3) is 0 Å². The number of benzene rings is 1. The number of halogens is 1. The molecule has 1 aromatic carbocycles. The standard InChI is InChI=1S/C11H14BrNO2/c1-15-11-8(6-13-14)5-7-3-2-4-9(7)10(11)12/h5,13-14H,2-4,6H2,1H3. The van der Waals surface area contributed by atoms with Gasteiger partial charge in [0.05, 0.1) is 11.6 Å². The van der Waals surface area contributed by atoms with E-state index in [0.717, 1.165) is 28.6 Å². The van der Waals surface area contributed by atoms with Gasteiger partial charge in [0.1, 0.15) is 5.75 Å². The van der Waals surface area contributed by atoms with Crippen molar-refractivity contribution in [3.05, 3.63) is 27.2 Å². The zero-order chi connectivity index (χ0) is 10.8. The van der Waals surface area contributed by atoms with E-state index in [9.17, 15) is 0 Å². The molecule has 2 rings (SSSR count). The lowest BCUT2D eigenvalue weighted by atomic mass is 10.1. The van der Waals surface area contributed by atoms with Crippen molar-refractivity contribution in [1.82, 2.24) is 5.48 Å². The Balaban J connectivity index is 2.51. The summed E-state index contributed by atoms with van der Waals surface area (Å²) in [6, 6.07) is 2.12. The highest BCUT2D eigenvalue weighted by Gasteiger charge is 2.20. The van der Waals surface area contributed by atoms with Crippen LogP contribution in [0.5, 0.6) is 5.75 Å². The fourth-order valence-electron chi connectivity index (χ4n) is 2.17. The van der Waals surface area contributed by atoms with E-state index in [0.29, 0.717) is 6.54 Å². The summed E-state index contributed by atoms with van der Waals surface area (Å²) in [5.74, 6) is 0.831. The number of nitrogens with one attached hydrogen (secondary N) is 1. The van der Waals surface area contributed by atoms with Crippen molar-refractivity contribution >= 4 is 15.9 Å². The highest BCUT2D eigenvalue weighted by Crippen LogP contribution is 2.38. The highest BCUT2D eigenvalue weighted by atomic mass is 79.9. The van der Waals surface area contributed by atoms with E-state index in [1.165, 1.54) is 17.5 Å². The molecular weight excluding hydrogens is 258 g/mol. The molecule has 1 aliphatic carbocycles. The van der Waals surface area contributed by atoms with Gasteiger partial charge in [0.2, 0.25) is 0 Å². The predicted molar refractivity (Wildman–Crippen MR) is 61.3 cm³/mol. The maximum absolute atomic E-state index is 8.76. The van der Waals surface area contributed by atoms with E-state index in [1.807, 2.05) is 0 Å². The van der Waals surface area contributed by atoms with Crippen LogP contribution in [-0.4, -0.2) is 12.3 Å². The van der Waals surface area contributed by atoms with Crippen LogP contribution < -0.4 is 10.2 Å². The molecule has 0 fully saturated rings. The number of fused-ring (bicyclic) bond motifs is 1. The van der Waals surface area contributed by atoms with Gasteiger partial charge in [0, 0.05) is 12.1 Å². The molecule has 15 heavy (non-hydrogen) atoms. The molecule has 0 unspecified atom stereocenters. The van der Waals surface area contributed by atoms with Gasteiger partial charge in [0.15, 0.2) is 0 Å². The van der Waals surface area contributed by atoms with Crippen LogP contribution >= 0.6 is 15.9 Å². The van der Waals surface area contributed by atoms with E-state index in [4.69, 9.17) is 9.94 Å². The SMILES string of the molecule is COc1c(CNO)cc2c(c1Br)CCC2. The van der Waals surface area contributed by atoms with E-state index in [1.54, 1.807) is 7.11 Å². The molecule has 0 atom stereocenters. The second kappa shape index (κ2) is 4.51. The van der Waals surface area contributed by atoms with Crippen LogP contribution in [-0.2, 0) is 19.4 Å². The Hall–Kier alpha value is -0.580. The molecular formula is C11H14BrNO2. The van der Waals surface area contributed by atoms with Gasteiger partial charge in [-0.25, -0.2) is 5.48 Å². The molecule has 0 heterocycles. The lowest BCUT2D eigenvalue weighted by molar-refractivity contribution is 0.160. The summed E-state index contributed by atoms with van der Waals surface area (Å²) in [5, 5.41) is 8.76. The summed E-state index contributed by atoms with van der Waals surface area (Å²) in [5.41, 5.74) is 5.89. The van der Waals surface area contributed by atoms with Gasteiger partial charge < -0.3 is 9.94 Å². The lowest BCUT2D eigenvalue weighted by Gasteiger charge is -2.13. The van der Waals surface area contributed by atoms with Crippen molar-refractivity contribution in [3.63, 3.8) is 0 Å². The number of methoxy groups -OCH3 is 1. The largest absolute Gasteiger partial charge is 0.495 e. The normalized spacial score (nSPS) is 14.1. The monoisotopic (exact) mass is 271 g/mol. The fraction of sp³-hybridized carbons (Fsp3) is 0.455. The average molecular weight is 272 g/mol. The third-order valence-electron chi connectivity index (χ3n) is 2.84. The minimum Gasteiger partial charge on any atom is -0.495 e. The summed E-state index contributed by atoms with van der Waals surface area (Å²) in [6.07, 6.45) is 3.43. The summed E-state index contributed by atoms with van der Waals surface area (Å²) >= 11 is 3.58. The van der Waals surface area contributed by atoms with Gasteiger partial charge in [-0.05, 0) is 46.3 Å². The number of ether oxygens (including phenoxy) is 1. The smallest absolute Gasteiger partial charge is 0.137 e. The molecule has 0 aliphatic heterocycles. The Bertz CT molecular complexity index is 379. The molecule has 0 saturated heterocycles. The maximum Gasteiger partial charge on any atom is 0.137 e. The van der Waals surface area contributed by atoms with Gasteiger partial charge in [-0.3, -0.25) is 0 Å².